The number of aliphatic carboxylic acids is 1. The van der Waals surface area contributed by atoms with Crippen LogP contribution in [0.4, 0.5) is 0 Å². The van der Waals surface area contributed by atoms with E-state index in [0.717, 1.165) is 16.6 Å². The number of carbonyl (C=O) groups excluding carboxylic acids is 1. The lowest BCUT2D eigenvalue weighted by Crippen LogP contribution is -2.42. The largest absolute Gasteiger partial charge is 0.481 e. The van der Waals surface area contributed by atoms with Gasteiger partial charge in [-0.3, -0.25) is 9.59 Å². The molecular weight excluding hydrogens is 532 g/mol. The van der Waals surface area contributed by atoms with E-state index in [1.54, 1.807) is 49.6 Å². The quantitative estimate of drug-likeness (QED) is 0.303. The van der Waals surface area contributed by atoms with E-state index in [1.165, 1.54) is 12.1 Å². The second kappa shape index (κ2) is 10.7. The van der Waals surface area contributed by atoms with Crippen molar-refractivity contribution in [3.05, 3.63) is 89.6 Å². The highest BCUT2D eigenvalue weighted by Gasteiger charge is 2.41. The number of aromatic nitrogens is 1. The Morgan fingerprint density at radius 1 is 1.00 bits per heavy atom. The number of benzene rings is 3. The van der Waals surface area contributed by atoms with Gasteiger partial charge in [0.25, 0.3) is 16.3 Å². The Morgan fingerprint density at radius 3 is 2.25 bits per heavy atom. The number of rotatable bonds is 9. The summed E-state index contributed by atoms with van der Waals surface area (Å²) in [4.78, 5) is 24.8. The third-order valence-corrected chi connectivity index (χ3v) is 8.39. The van der Waals surface area contributed by atoms with Crippen molar-refractivity contribution in [2.24, 2.45) is 7.05 Å². The Kier molecular flexibility index (Phi) is 7.29. The summed E-state index contributed by atoms with van der Waals surface area (Å²) in [5, 5.41) is 9.76. The summed E-state index contributed by atoms with van der Waals surface area (Å²) in [6, 6.07) is 18.9. The molecule has 0 saturated carbocycles. The first-order valence-corrected chi connectivity index (χ1v) is 14.4. The second-order valence-electron chi connectivity index (χ2n) is 10.2. The summed E-state index contributed by atoms with van der Waals surface area (Å²) in [5.74, 6) is -1.70. The van der Waals surface area contributed by atoms with Crippen molar-refractivity contribution >= 4 is 32.8 Å². The number of ether oxygens (including phenoxy) is 2. The van der Waals surface area contributed by atoms with Gasteiger partial charge in [0.2, 0.25) is 5.91 Å². The molecule has 2 heterocycles. The molecule has 5 rings (SSSR count). The molecule has 208 valence electrons. The number of para-hydroxylation sites is 2. The zero-order valence-electron chi connectivity index (χ0n) is 22.3. The number of sulfonamides is 1. The summed E-state index contributed by atoms with van der Waals surface area (Å²) in [6.07, 6.45) is 0.975. The lowest BCUT2D eigenvalue weighted by molar-refractivity contribution is -0.137. The summed E-state index contributed by atoms with van der Waals surface area (Å²) in [6.45, 7) is 4.02. The number of hydrogen-bond donors (Lipinski definition) is 2. The average molecular weight is 563 g/mol. The summed E-state index contributed by atoms with van der Waals surface area (Å²) >= 11 is 0. The molecule has 2 N–H and O–H groups in total. The van der Waals surface area contributed by atoms with Gasteiger partial charge < -0.3 is 19.1 Å². The second-order valence-corrected chi connectivity index (χ2v) is 11.8. The number of nitrogens with one attached hydrogen (secondary N) is 1. The molecular formula is C30H30N2O7S. The van der Waals surface area contributed by atoms with Crippen LogP contribution in [0.25, 0.3) is 10.9 Å². The molecule has 0 spiro atoms. The highest BCUT2D eigenvalue weighted by molar-refractivity contribution is 7.90. The molecule has 0 radical (unpaired) electrons. The van der Waals surface area contributed by atoms with Crippen molar-refractivity contribution in [2.45, 2.75) is 49.7 Å². The molecule has 1 aromatic heterocycles. The van der Waals surface area contributed by atoms with Crippen molar-refractivity contribution < 1.29 is 32.6 Å². The Balaban J connectivity index is 1.52. The molecule has 9 nitrogen and oxygen atoms in total. The maximum Gasteiger partial charge on any atom is 0.303 e. The van der Waals surface area contributed by atoms with Crippen LogP contribution in [0.1, 0.15) is 48.8 Å². The van der Waals surface area contributed by atoms with Crippen LogP contribution in [0.2, 0.25) is 0 Å². The predicted octanol–water partition coefficient (Wildman–Crippen LogP) is 4.71. The van der Waals surface area contributed by atoms with Gasteiger partial charge in [0.15, 0.2) is 11.5 Å². The Bertz CT molecular complexity index is 1670. The highest BCUT2D eigenvalue weighted by Crippen LogP contribution is 2.41. The highest BCUT2D eigenvalue weighted by atomic mass is 32.2. The van der Waals surface area contributed by atoms with E-state index in [9.17, 15) is 18.0 Å². The van der Waals surface area contributed by atoms with Gasteiger partial charge >= 0.3 is 5.97 Å². The number of amides is 1. The van der Waals surface area contributed by atoms with Gasteiger partial charge in [-0.15, -0.1) is 0 Å². The first-order chi connectivity index (χ1) is 19.0. The van der Waals surface area contributed by atoms with Crippen molar-refractivity contribution in [3.63, 3.8) is 0 Å². The minimum Gasteiger partial charge on any atom is -0.481 e. The fourth-order valence-corrected chi connectivity index (χ4v) is 5.87. The maximum absolute atomic E-state index is 13.8. The van der Waals surface area contributed by atoms with E-state index in [2.05, 4.69) is 4.72 Å². The van der Waals surface area contributed by atoms with E-state index in [-0.39, 0.29) is 17.2 Å². The van der Waals surface area contributed by atoms with Gasteiger partial charge in [0, 0.05) is 30.6 Å². The van der Waals surface area contributed by atoms with Crippen molar-refractivity contribution in [1.82, 2.24) is 9.29 Å². The first-order valence-electron chi connectivity index (χ1n) is 12.9. The minimum atomic E-state index is -4.19. The van der Waals surface area contributed by atoms with Crippen molar-refractivity contribution in [1.29, 1.82) is 0 Å². The van der Waals surface area contributed by atoms with Crippen molar-refractivity contribution in [2.75, 3.05) is 0 Å². The lowest BCUT2D eigenvalue weighted by Gasteiger charge is -2.22. The number of aryl methyl sites for hydroxylation is 2. The fourth-order valence-electron chi connectivity index (χ4n) is 4.87. The molecule has 1 aliphatic rings. The normalized spacial score (nSPS) is 14.0. The summed E-state index contributed by atoms with van der Waals surface area (Å²) in [5.41, 5.74) is 3.09. The van der Waals surface area contributed by atoms with Gasteiger partial charge in [-0.05, 0) is 59.4 Å². The monoisotopic (exact) mass is 562 g/mol. The Morgan fingerprint density at radius 2 is 1.65 bits per heavy atom. The van der Waals surface area contributed by atoms with E-state index in [1.807, 2.05) is 36.6 Å². The van der Waals surface area contributed by atoms with Crippen LogP contribution in [0.5, 0.6) is 11.5 Å². The van der Waals surface area contributed by atoms with E-state index >= 15 is 0 Å². The van der Waals surface area contributed by atoms with Crippen LogP contribution in [0.3, 0.4) is 0 Å². The van der Waals surface area contributed by atoms with Gasteiger partial charge in [-0.1, -0.05) is 50.2 Å². The SMILES string of the molecule is CC(C)c1ccc(S(=O)(=O)NC(=O)C(c2cn(C)c3cc(CCC(=O)O)ccc23)C2Oc3ccccc3O2)cc1. The molecule has 4 aromatic rings. The molecule has 3 aromatic carbocycles. The first kappa shape index (κ1) is 27.3. The van der Waals surface area contributed by atoms with E-state index in [0.29, 0.717) is 28.9 Å². The predicted molar refractivity (Wildman–Crippen MR) is 149 cm³/mol. The molecule has 40 heavy (non-hydrogen) atoms. The van der Waals surface area contributed by atoms with Crippen molar-refractivity contribution in [3.8, 4) is 11.5 Å². The number of carbonyl (C=O) groups is 2. The lowest BCUT2D eigenvalue weighted by atomic mass is 9.96. The van der Waals surface area contributed by atoms with Crippen LogP contribution < -0.4 is 14.2 Å². The Hall–Kier alpha value is -4.31. The number of fused-ring (bicyclic) bond motifs is 2. The third kappa shape index (κ3) is 5.40. The maximum atomic E-state index is 13.8. The van der Waals surface area contributed by atoms with Gasteiger partial charge in [0.1, 0.15) is 5.92 Å². The molecule has 1 aliphatic heterocycles. The van der Waals surface area contributed by atoms with Crippen LogP contribution in [0.15, 0.2) is 77.8 Å². The smallest absolute Gasteiger partial charge is 0.303 e. The number of carboxylic acids is 1. The van der Waals surface area contributed by atoms with Gasteiger partial charge in [-0.2, -0.15) is 0 Å². The van der Waals surface area contributed by atoms with Crippen LogP contribution >= 0.6 is 0 Å². The molecule has 0 fully saturated rings. The standard InChI is InChI=1S/C30H30N2O7S/c1-18(2)20-10-12-21(13-11-20)40(36,37)31-29(35)28(30-38-25-6-4-5-7-26(25)39-30)23-17-32(3)24-16-19(8-14-22(23)24)9-15-27(33)34/h4-8,10-14,16-18,28,30H,9,15H2,1-3H3,(H,31,35)(H,33,34). The molecule has 10 heteroatoms. The zero-order chi connectivity index (χ0) is 28.6. The molecule has 1 amide bonds. The topological polar surface area (TPSA) is 124 Å². The minimum absolute atomic E-state index is 0.00810. The summed E-state index contributed by atoms with van der Waals surface area (Å²) in [7, 11) is -2.39. The summed E-state index contributed by atoms with van der Waals surface area (Å²) < 4.78 is 42.6. The average Bonchev–Trinajstić information content (AvgIpc) is 3.48. The van der Waals surface area contributed by atoms with E-state index < -0.39 is 34.1 Å². The fraction of sp³-hybridized carbons (Fsp3) is 0.267. The zero-order valence-corrected chi connectivity index (χ0v) is 23.1. The molecule has 1 atom stereocenters. The van der Waals surface area contributed by atoms with Gasteiger partial charge in [-0.25, -0.2) is 13.1 Å². The number of nitrogens with zero attached hydrogens (tertiary/aromatic N) is 1. The molecule has 0 bridgehead atoms. The number of hydrogen-bond acceptors (Lipinski definition) is 6. The van der Waals surface area contributed by atoms with Gasteiger partial charge in [0.05, 0.1) is 4.90 Å². The van der Waals surface area contributed by atoms with Crippen LogP contribution in [-0.4, -0.2) is 36.3 Å². The molecule has 0 saturated heterocycles. The van der Waals surface area contributed by atoms with E-state index in [4.69, 9.17) is 14.6 Å². The Labute approximate surface area is 232 Å². The number of carboxylic acid groups (broad SMARTS) is 1. The van der Waals surface area contributed by atoms with Crippen LogP contribution in [0, 0.1) is 0 Å². The third-order valence-electron chi connectivity index (χ3n) is 7.03. The van der Waals surface area contributed by atoms with Crippen LogP contribution in [-0.2, 0) is 33.1 Å². The molecule has 1 unspecified atom stereocenters. The molecule has 0 aliphatic carbocycles.